The Bertz CT molecular complexity index is 656. The standard InChI is InChI=1S/C14H13F3N2O2/c1-21-10-2-3-12-11(8-10)9(4-6-18-12)5-7-19-13(20)14(15,16)17/h2-4,6,8H,5,7H2,1H3,(H,19,20). The van der Waals surface area contributed by atoms with Gasteiger partial charge in [0.15, 0.2) is 0 Å². The van der Waals surface area contributed by atoms with Gasteiger partial charge in [0, 0.05) is 18.1 Å². The number of carbonyl (C=O) groups is 1. The molecule has 1 heterocycles. The molecule has 2 rings (SSSR count). The van der Waals surface area contributed by atoms with E-state index in [9.17, 15) is 18.0 Å². The maximum atomic E-state index is 12.1. The lowest BCUT2D eigenvalue weighted by Crippen LogP contribution is -2.37. The van der Waals surface area contributed by atoms with Crippen LogP contribution in [0, 0.1) is 0 Å². The number of nitrogens with one attached hydrogen (secondary N) is 1. The molecule has 1 aromatic carbocycles. The molecular formula is C14H13F3N2O2. The number of nitrogens with zero attached hydrogens (tertiary/aromatic N) is 1. The van der Waals surface area contributed by atoms with E-state index in [1.807, 2.05) is 5.32 Å². The Balaban J connectivity index is 2.13. The Kier molecular flexibility index (Phi) is 4.30. The number of ether oxygens (including phenoxy) is 1. The molecule has 2 aromatic rings. The predicted octanol–water partition coefficient (Wildman–Crippen LogP) is 2.46. The first kappa shape index (κ1) is 15.1. The van der Waals surface area contributed by atoms with Gasteiger partial charge >= 0.3 is 12.1 Å². The van der Waals surface area contributed by atoms with Crippen molar-refractivity contribution < 1.29 is 22.7 Å². The second-order valence-corrected chi connectivity index (χ2v) is 4.36. The van der Waals surface area contributed by atoms with Crippen molar-refractivity contribution >= 4 is 16.8 Å². The Labute approximate surface area is 118 Å². The van der Waals surface area contributed by atoms with Gasteiger partial charge in [0.1, 0.15) is 5.75 Å². The number of amides is 1. The van der Waals surface area contributed by atoms with Crippen LogP contribution >= 0.6 is 0 Å². The number of hydrogen-bond donors (Lipinski definition) is 1. The fourth-order valence-electron chi connectivity index (χ4n) is 1.94. The highest BCUT2D eigenvalue weighted by atomic mass is 19.4. The van der Waals surface area contributed by atoms with Crippen molar-refractivity contribution in [1.82, 2.24) is 10.3 Å². The average molecular weight is 298 g/mol. The predicted molar refractivity (Wildman–Crippen MR) is 71.1 cm³/mol. The molecule has 0 aliphatic carbocycles. The van der Waals surface area contributed by atoms with Gasteiger partial charge in [-0.1, -0.05) is 0 Å². The fourth-order valence-corrected chi connectivity index (χ4v) is 1.94. The number of fused-ring (bicyclic) bond motifs is 1. The smallest absolute Gasteiger partial charge is 0.471 e. The average Bonchev–Trinajstić information content (AvgIpc) is 2.45. The first-order valence-electron chi connectivity index (χ1n) is 6.18. The maximum Gasteiger partial charge on any atom is 0.471 e. The number of carbonyl (C=O) groups excluding carboxylic acids is 1. The van der Waals surface area contributed by atoms with E-state index < -0.39 is 12.1 Å². The van der Waals surface area contributed by atoms with Crippen LogP contribution in [0.3, 0.4) is 0 Å². The number of methoxy groups -OCH3 is 1. The summed E-state index contributed by atoms with van der Waals surface area (Å²) in [4.78, 5) is 14.9. The maximum absolute atomic E-state index is 12.1. The minimum absolute atomic E-state index is 0.103. The Morgan fingerprint density at radius 3 is 2.76 bits per heavy atom. The number of pyridine rings is 1. The summed E-state index contributed by atoms with van der Waals surface area (Å²) in [5.74, 6) is -1.30. The zero-order chi connectivity index (χ0) is 15.5. The van der Waals surface area contributed by atoms with E-state index in [2.05, 4.69) is 4.98 Å². The lowest BCUT2D eigenvalue weighted by Gasteiger charge is -2.10. The van der Waals surface area contributed by atoms with Crippen LogP contribution in [-0.2, 0) is 11.2 Å². The second kappa shape index (κ2) is 5.99. The molecule has 0 saturated carbocycles. The Hall–Kier alpha value is -2.31. The molecule has 0 unspecified atom stereocenters. The zero-order valence-corrected chi connectivity index (χ0v) is 11.2. The van der Waals surface area contributed by atoms with Gasteiger partial charge in [-0.15, -0.1) is 0 Å². The van der Waals surface area contributed by atoms with E-state index >= 15 is 0 Å². The fraction of sp³-hybridized carbons (Fsp3) is 0.286. The van der Waals surface area contributed by atoms with Gasteiger partial charge in [-0.25, -0.2) is 0 Å². The van der Waals surface area contributed by atoms with Crippen LogP contribution in [0.2, 0.25) is 0 Å². The lowest BCUT2D eigenvalue weighted by molar-refractivity contribution is -0.173. The molecule has 1 amide bonds. The SMILES string of the molecule is COc1ccc2nccc(CCNC(=O)C(F)(F)F)c2c1. The number of hydrogen-bond acceptors (Lipinski definition) is 3. The summed E-state index contributed by atoms with van der Waals surface area (Å²) in [5, 5.41) is 2.64. The molecule has 0 saturated heterocycles. The molecular weight excluding hydrogens is 285 g/mol. The zero-order valence-electron chi connectivity index (χ0n) is 11.2. The molecule has 4 nitrogen and oxygen atoms in total. The highest BCUT2D eigenvalue weighted by Crippen LogP contribution is 2.22. The van der Waals surface area contributed by atoms with Crippen LogP contribution in [0.5, 0.6) is 5.75 Å². The Morgan fingerprint density at radius 2 is 2.10 bits per heavy atom. The van der Waals surface area contributed by atoms with Gasteiger partial charge in [-0.2, -0.15) is 13.2 Å². The third-order valence-electron chi connectivity index (χ3n) is 2.98. The van der Waals surface area contributed by atoms with E-state index in [4.69, 9.17) is 4.74 Å². The first-order chi connectivity index (χ1) is 9.91. The summed E-state index contributed by atoms with van der Waals surface area (Å²) >= 11 is 0. The summed E-state index contributed by atoms with van der Waals surface area (Å²) < 4.78 is 41.4. The van der Waals surface area contributed by atoms with Crippen molar-refractivity contribution in [1.29, 1.82) is 0 Å². The highest BCUT2D eigenvalue weighted by molar-refractivity contribution is 5.84. The molecule has 21 heavy (non-hydrogen) atoms. The normalized spacial score (nSPS) is 11.4. The minimum atomic E-state index is -4.86. The van der Waals surface area contributed by atoms with Crippen molar-refractivity contribution in [2.75, 3.05) is 13.7 Å². The summed E-state index contributed by atoms with van der Waals surface area (Å²) in [7, 11) is 1.53. The van der Waals surface area contributed by atoms with Crippen LogP contribution in [0.4, 0.5) is 13.2 Å². The van der Waals surface area contributed by atoms with Gasteiger partial charge in [0.25, 0.3) is 0 Å². The number of aromatic nitrogens is 1. The molecule has 0 bridgehead atoms. The van der Waals surface area contributed by atoms with Crippen molar-refractivity contribution in [3.8, 4) is 5.75 Å². The molecule has 112 valence electrons. The van der Waals surface area contributed by atoms with E-state index in [1.165, 1.54) is 7.11 Å². The van der Waals surface area contributed by atoms with E-state index in [-0.39, 0.29) is 13.0 Å². The number of benzene rings is 1. The third kappa shape index (κ3) is 3.62. The summed E-state index contributed by atoms with van der Waals surface area (Å²) in [6.07, 6.45) is -3.01. The summed E-state index contributed by atoms with van der Waals surface area (Å²) in [6.45, 7) is -0.103. The van der Waals surface area contributed by atoms with Gasteiger partial charge in [0.05, 0.1) is 12.6 Å². The highest BCUT2D eigenvalue weighted by Gasteiger charge is 2.38. The lowest BCUT2D eigenvalue weighted by atomic mass is 10.1. The summed E-state index contributed by atoms with van der Waals surface area (Å²) in [6, 6.07) is 7.00. The van der Waals surface area contributed by atoms with E-state index in [1.54, 1.807) is 30.5 Å². The minimum Gasteiger partial charge on any atom is -0.497 e. The number of rotatable bonds is 4. The number of alkyl halides is 3. The van der Waals surface area contributed by atoms with Crippen LogP contribution in [-0.4, -0.2) is 30.7 Å². The molecule has 0 aliphatic rings. The Morgan fingerprint density at radius 1 is 1.33 bits per heavy atom. The van der Waals surface area contributed by atoms with Gasteiger partial charge in [-0.3, -0.25) is 9.78 Å². The number of halogens is 3. The molecule has 1 N–H and O–H groups in total. The van der Waals surface area contributed by atoms with Crippen LogP contribution in [0.25, 0.3) is 10.9 Å². The van der Waals surface area contributed by atoms with Gasteiger partial charge < -0.3 is 10.1 Å². The van der Waals surface area contributed by atoms with Crippen molar-refractivity contribution in [2.45, 2.75) is 12.6 Å². The molecule has 0 radical (unpaired) electrons. The van der Waals surface area contributed by atoms with E-state index in [0.717, 1.165) is 16.5 Å². The van der Waals surface area contributed by atoms with Crippen molar-refractivity contribution in [3.05, 3.63) is 36.0 Å². The van der Waals surface area contributed by atoms with Crippen molar-refractivity contribution in [3.63, 3.8) is 0 Å². The molecule has 0 aliphatic heterocycles. The monoisotopic (exact) mass is 298 g/mol. The quantitative estimate of drug-likeness (QED) is 0.943. The molecule has 1 aromatic heterocycles. The van der Waals surface area contributed by atoms with Crippen LogP contribution < -0.4 is 10.1 Å². The van der Waals surface area contributed by atoms with Crippen LogP contribution in [0.15, 0.2) is 30.5 Å². The molecule has 7 heteroatoms. The van der Waals surface area contributed by atoms with Crippen molar-refractivity contribution in [2.24, 2.45) is 0 Å². The van der Waals surface area contributed by atoms with Crippen LogP contribution in [0.1, 0.15) is 5.56 Å². The molecule has 0 fully saturated rings. The topological polar surface area (TPSA) is 51.2 Å². The first-order valence-corrected chi connectivity index (χ1v) is 6.18. The third-order valence-corrected chi connectivity index (χ3v) is 2.98. The van der Waals surface area contributed by atoms with Gasteiger partial charge in [0.2, 0.25) is 0 Å². The van der Waals surface area contributed by atoms with E-state index in [0.29, 0.717) is 5.75 Å². The molecule has 0 atom stereocenters. The molecule has 0 spiro atoms. The second-order valence-electron chi connectivity index (χ2n) is 4.36. The summed E-state index contributed by atoms with van der Waals surface area (Å²) in [5.41, 5.74) is 1.51. The van der Waals surface area contributed by atoms with Gasteiger partial charge in [-0.05, 0) is 36.2 Å². The largest absolute Gasteiger partial charge is 0.497 e.